The fourth-order valence-corrected chi connectivity index (χ4v) is 2.08. The Hall–Kier alpha value is -2.99. The highest BCUT2D eigenvalue weighted by Gasteiger charge is 2.23. The molecule has 1 rings (SSSR count). The lowest BCUT2D eigenvalue weighted by Gasteiger charge is -2.18. The monoisotopic (exact) mass is 368 g/mol. The van der Waals surface area contributed by atoms with Gasteiger partial charge in [-0.1, -0.05) is 11.6 Å². The number of halogens is 1. The van der Waals surface area contributed by atoms with Gasteiger partial charge in [0.15, 0.2) is 0 Å². The normalized spacial score (nSPS) is 9.56. The van der Waals surface area contributed by atoms with Gasteiger partial charge >= 0.3 is 6.09 Å². The number of hydrogen-bond donors (Lipinski definition) is 3. The Kier molecular flexibility index (Phi) is 7.49. The van der Waals surface area contributed by atoms with Gasteiger partial charge in [-0.3, -0.25) is 15.0 Å². The molecular formula is C15H17ClN4O5. The van der Waals surface area contributed by atoms with Gasteiger partial charge < -0.3 is 14.8 Å². The summed E-state index contributed by atoms with van der Waals surface area (Å²) >= 11 is 6.09. The van der Waals surface area contributed by atoms with Gasteiger partial charge in [-0.05, 0) is 19.4 Å². The molecule has 0 radical (unpaired) electrons. The Labute approximate surface area is 149 Å². The predicted molar refractivity (Wildman–Crippen MR) is 89.2 cm³/mol. The summed E-state index contributed by atoms with van der Waals surface area (Å²) in [5.74, 6) is -1.25. The second-order valence-electron chi connectivity index (χ2n) is 4.62. The molecule has 0 aromatic heterocycles. The van der Waals surface area contributed by atoms with E-state index in [2.05, 4.69) is 20.9 Å². The number of ether oxygens (including phenoxy) is 2. The maximum atomic E-state index is 12.4. The fourth-order valence-electron chi connectivity index (χ4n) is 1.89. The second kappa shape index (κ2) is 9.34. The van der Waals surface area contributed by atoms with Crippen LogP contribution in [0.5, 0.6) is 5.75 Å². The van der Waals surface area contributed by atoms with Crippen LogP contribution in [0.2, 0.25) is 5.02 Å². The van der Waals surface area contributed by atoms with Gasteiger partial charge in [0.25, 0.3) is 5.91 Å². The van der Waals surface area contributed by atoms with Gasteiger partial charge in [-0.25, -0.2) is 10.2 Å². The molecule has 0 aliphatic heterocycles. The molecule has 0 unspecified atom stereocenters. The summed E-state index contributed by atoms with van der Waals surface area (Å²) in [4.78, 5) is 35.5. The van der Waals surface area contributed by atoms with E-state index < -0.39 is 24.3 Å². The summed E-state index contributed by atoms with van der Waals surface area (Å²) in [6.45, 7) is 3.29. The molecule has 25 heavy (non-hydrogen) atoms. The summed E-state index contributed by atoms with van der Waals surface area (Å²) in [5.41, 5.74) is 4.58. The first-order chi connectivity index (χ1) is 11.8. The average molecular weight is 369 g/mol. The van der Waals surface area contributed by atoms with E-state index in [9.17, 15) is 14.4 Å². The van der Waals surface area contributed by atoms with Gasteiger partial charge in [0, 0.05) is 11.1 Å². The van der Waals surface area contributed by atoms with Crippen LogP contribution in [0, 0.1) is 18.3 Å². The van der Waals surface area contributed by atoms with Crippen molar-refractivity contribution >= 4 is 35.2 Å². The molecule has 0 aliphatic rings. The van der Waals surface area contributed by atoms with Crippen molar-refractivity contribution in [3.8, 4) is 11.8 Å². The Balaban J connectivity index is 3.23. The molecule has 0 atom stereocenters. The minimum Gasteiger partial charge on any atom is -0.494 e. The first kappa shape index (κ1) is 20.1. The molecule has 3 N–H and O–H groups in total. The first-order valence-corrected chi connectivity index (χ1v) is 7.50. The number of anilines is 1. The number of nitriles is 1. The van der Waals surface area contributed by atoms with Gasteiger partial charge in [0.1, 0.15) is 12.2 Å². The molecular weight excluding hydrogens is 352 g/mol. The van der Waals surface area contributed by atoms with Gasteiger partial charge in [-0.2, -0.15) is 5.26 Å². The first-order valence-electron chi connectivity index (χ1n) is 7.12. The van der Waals surface area contributed by atoms with Crippen LogP contribution in [-0.4, -0.2) is 31.6 Å². The highest BCUT2D eigenvalue weighted by atomic mass is 35.5. The molecule has 9 nitrogen and oxygen atoms in total. The number of hydrogen-bond acceptors (Lipinski definition) is 6. The molecule has 0 fully saturated rings. The largest absolute Gasteiger partial charge is 0.494 e. The second-order valence-corrected chi connectivity index (χ2v) is 5.03. The Morgan fingerprint density at radius 1 is 1.32 bits per heavy atom. The molecule has 0 spiro atoms. The standard InChI is InChI=1S/C15H17ClN4O5/c1-4-25-15(23)20-19-14(22)12-8(2)9(16)7-10(24-3)13(12)18-11(21)5-6-17/h7H,4-5H2,1-3H3,(H,18,21)(H,19,22)(H,20,23). The number of methoxy groups -OCH3 is 1. The molecule has 1 aromatic carbocycles. The van der Waals surface area contributed by atoms with Crippen molar-refractivity contribution in [1.82, 2.24) is 10.9 Å². The third kappa shape index (κ3) is 5.26. The SMILES string of the molecule is CCOC(=O)NNC(=O)c1c(C)c(Cl)cc(OC)c1NC(=O)CC#N. The van der Waals surface area contributed by atoms with Crippen molar-refractivity contribution in [3.63, 3.8) is 0 Å². The summed E-state index contributed by atoms with van der Waals surface area (Å²) in [6.07, 6.45) is -1.26. The van der Waals surface area contributed by atoms with Gasteiger partial charge in [0.2, 0.25) is 5.91 Å². The maximum Gasteiger partial charge on any atom is 0.426 e. The number of hydrazine groups is 1. The lowest BCUT2D eigenvalue weighted by molar-refractivity contribution is -0.115. The number of nitrogens with zero attached hydrogens (tertiary/aromatic N) is 1. The molecule has 134 valence electrons. The van der Waals surface area contributed by atoms with Crippen LogP contribution in [-0.2, 0) is 9.53 Å². The quantitative estimate of drug-likeness (QED) is 0.680. The van der Waals surface area contributed by atoms with Gasteiger partial charge in [0.05, 0.1) is 31.0 Å². The van der Waals surface area contributed by atoms with Gasteiger partial charge in [-0.15, -0.1) is 0 Å². The lowest BCUT2D eigenvalue weighted by atomic mass is 10.0. The molecule has 0 saturated heterocycles. The van der Waals surface area contributed by atoms with Crippen LogP contribution < -0.4 is 20.9 Å². The van der Waals surface area contributed by atoms with E-state index in [-0.39, 0.29) is 28.6 Å². The number of carbonyl (C=O) groups excluding carboxylic acids is 3. The van der Waals surface area contributed by atoms with Crippen molar-refractivity contribution in [3.05, 3.63) is 22.2 Å². The van der Waals surface area contributed by atoms with Crippen LogP contribution in [0.25, 0.3) is 0 Å². The van der Waals surface area contributed by atoms with E-state index in [1.807, 2.05) is 0 Å². The van der Waals surface area contributed by atoms with E-state index in [1.54, 1.807) is 19.9 Å². The minimum atomic E-state index is -0.849. The Morgan fingerprint density at radius 2 is 2.00 bits per heavy atom. The molecule has 3 amide bonds. The number of nitrogens with one attached hydrogen (secondary N) is 3. The molecule has 0 heterocycles. The Morgan fingerprint density at radius 3 is 2.56 bits per heavy atom. The smallest absolute Gasteiger partial charge is 0.426 e. The van der Waals surface area contributed by atoms with E-state index in [0.29, 0.717) is 5.56 Å². The van der Waals surface area contributed by atoms with Crippen LogP contribution in [0.4, 0.5) is 10.5 Å². The number of amides is 3. The van der Waals surface area contributed by atoms with Crippen molar-refractivity contribution in [1.29, 1.82) is 5.26 Å². The third-order valence-corrected chi connectivity index (χ3v) is 3.38. The predicted octanol–water partition coefficient (Wildman–Crippen LogP) is 1.90. The summed E-state index contributed by atoms with van der Waals surface area (Å²) in [6, 6.07) is 3.13. The van der Waals surface area contributed by atoms with Crippen LogP contribution in [0.3, 0.4) is 0 Å². The average Bonchev–Trinajstić information content (AvgIpc) is 2.56. The minimum absolute atomic E-state index is 0.0209. The summed E-state index contributed by atoms with van der Waals surface area (Å²) < 4.78 is 9.77. The lowest BCUT2D eigenvalue weighted by Crippen LogP contribution is -2.42. The van der Waals surface area contributed by atoms with E-state index in [4.69, 9.17) is 21.6 Å². The molecule has 0 bridgehead atoms. The van der Waals surface area contributed by atoms with E-state index in [1.165, 1.54) is 13.2 Å². The topological polar surface area (TPSA) is 130 Å². The van der Waals surface area contributed by atoms with Crippen molar-refractivity contribution < 1.29 is 23.9 Å². The zero-order chi connectivity index (χ0) is 19.0. The number of carbonyl (C=O) groups is 3. The maximum absolute atomic E-state index is 12.4. The van der Waals surface area contributed by atoms with Crippen LogP contribution in [0.1, 0.15) is 29.3 Å². The Bertz CT molecular complexity index is 730. The molecule has 0 aliphatic carbocycles. The summed E-state index contributed by atoms with van der Waals surface area (Å²) in [5, 5.41) is 11.3. The number of rotatable bonds is 5. The highest BCUT2D eigenvalue weighted by molar-refractivity contribution is 6.32. The van der Waals surface area contributed by atoms with Crippen molar-refractivity contribution in [2.24, 2.45) is 0 Å². The molecule has 0 saturated carbocycles. The molecule has 1 aromatic rings. The van der Waals surface area contributed by atoms with Crippen molar-refractivity contribution in [2.75, 3.05) is 19.0 Å². The van der Waals surface area contributed by atoms with E-state index >= 15 is 0 Å². The summed E-state index contributed by atoms with van der Waals surface area (Å²) in [7, 11) is 1.33. The fraction of sp³-hybridized carbons (Fsp3) is 0.333. The highest BCUT2D eigenvalue weighted by Crippen LogP contribution is 2.36. The van der Waals surface area contributed by atoms with Crippen LogP contribution >= 0.6 is 11.6 Å². The third-order valence-electron chi connectivity index (χ3n) is 2.99. The van der Waals surface area contributed by atoms with Crippen molar-refractivity contribution in [2.45, 2.75) is 20.3 Å². The number of benzene rings is 1. The van der Waals surface area contributed by atoms with E-state index in [0.717, 1.165) is 0 Å². The zero-order valence-electron chi connectivity index (χ0n) is 13.9. The van der Waals surface area contributed by atoms with Crippen LogP contribution in [0.15, 0.2) is 6.07 Å². The molecule has 10 heteroatoms. The zero-order valence-corrected chi connectivity index (χ0v) is 14.6.